The summed E-state index contributed by atoms with van der Waals surface area (Å²) in [5.74, 6) is -3.24. The maximum Gasteiger partial charge on any atom is 0.165 e. The fourth-order valence-corrected chi connectivity index (χ4v) is 4.05. The lowest BCUT2D eigenvalue weighted by atomic mass is 9.53. The number of likely N-dealkylation sites (tertiary alicyclic amines) is 1. The molecule has 1 fully saturated rings. The van der Waals surface area contributed by atoms with Gasteiger partial charge in [-0.05, 0) is 38.0 Å². The van der Waals surface area contributed by atoms with Gasteiger partial charge in [-0.2, -0.15) is 0 Å². The number of rotatable bonds is 1. The van der Waals surface area contributed by atoms with E-state index >= 15 is 0 Å². The molecule has 0 radical (unpaired) electrons. The van der Waals surface area contributed by atoms with Crippen LogP contribution < -0.4 is 9.47 Å². The van der Waals surface area contributed by atoms with Crippen molar-refractivity contribution in [1.82, 2.24) is 4.90 Å². The van der Waals surface area contributed by atoms with E-state index in [1.165, 1.54) is 18.0 Å². The van der Waals surface area contributed by atoms with Crippen LogP contribution in [0.25, 0.3) is 0 Å². The molecule has 0 amide bonds. The van der Waals surface area contributed by atoms with Gasteiger partial charge in [-0.3, -0.25) is 0 Å². The Morgan fingerprint density at radius 2 is 2.50 bits per heavy atom. The van der Waals surface area contributed by atoms with Crippen LogP contribution in [0.1, 0.15) is 31.3 Å². The summed E-state index contributed by atoms with van der Waals surface area (Å²) in [7, 11) is -1.55. The normalized spacial score (nSPS) is 60.5. The standard InChI is InChI=1S/C18H21NO3/c1-19-8-7-18-11-4-5-13(20)17(18)22-16-14(21-2)6-3-10(15(16)18)9-12(11)19/h3-6,11-13,17,20H,7-9H2,1-2H3/t11-,12+,13?,17?,18-/m0/s1/i2D3,3D,6D,9D2,11D,12D,17D. The first-order chi connectivity index (χ1) is 14.5. The number of benzene rings is 1. The Hall–Kier alpha value is -1.52. The average Bonchev–Trinajstić information content (AvgIpc) is 2.94. The second kappa shape index (κ2) is 4.06. The summed E-state index contributed by atoms with van der Waals surface area (Å²) in [6.07, 6.45) is -4.27. The average molecular weight is 309 g/mol. The Balaban J connectivity index is 2.01. The van der Waals surface area contributed by atoms with Crippen LogP contribution in [0, 0.1) is 5.89 Å². The van der Waals surface area contributed by atoms with Gasteiger partial charge >= 0.3 is 0 Å². The molecule has 1 saturated heterocycles. The second-order valence-electron chi connectivity index (χ2n) is 5.99. The highest BCUT2D eigenvalue weighted by Crippen LogP contribution is 2.62. The van der Waals surface area contributed by atoms with Crippen LogP contribution >= 0.6 is 0 Å². The number of piperidine rings is 1. The summed E-state index contributed by atoms with van der Waals surface area (Å²) in [5.41, 5.74) is -2.35. The van der Waals surface area contributed by atoms with E-state index in [1.54, 1.807) is 0 Å². The van der Waals surface area contributed by atoms with Crippen LogP contribution in [-0.2, 0) is 11.8 Å². The number of aliphatic hydroxyl groups excluding tert-OH is 1. The van der Waals surface area contributed by atoms with Crippen molar-refractivity contribution in [3.05, 3.63) is 35.4 Å². The minimum Gasteiger partial charge on any atom is -0.493 e. The molecule has 4 aliphatic rings. The smallest absolute Gasteiger partial charge is 0.165 e. The van der Waals surface area contributed by atoms with Crippen LogP contribution in [0.3, 0.4) is 0 Å². The molecule has 116 valence electrons. The van der Waals surface area contributed by atoms with E-state index in [9.17, 15) is 7.85 Å². The first-order valence-electron chi connectivity index (χ1n) is 12.2. The molecule has 2 aliphatic carbocycles. The lowest BCUT2D eigenvalue weighted by molar-refractivity contribution is -0.0453. The van der Waals surface area contributed by atoms with Crippen molar-refractivity contribution in [2.24, 2.45) is 5.89 Å². The molecule has 2 unspecified atom stereocenters. The zero-order chi connectivity index (χ0) is 23.9. The monoisotopic (exact) mass is 309 g/mol. The number of aliphatic hydroxyl groups is 1. The van der Waals surface area contributed by atoms with Gasteiger partial charge in [-0.15, -0.1) is 0 Å². The van der Waals surface area contributed by atoms with Gasteiger partial charge in [0.15, 0.2) is 11.5 Å². The molecule has 0 saturated carbocycles. The predicted octanol–water partition coefficient (Wildman–Crippen LogP) is 1.50. The van der Waals surface area contributed by atoms with E-state index in [2.05, 4.69) is 0 Å². The molecule has 2 aliphatic heterocycles. The summed E-state index contributed by atoms with van der Waals surface area (Å²) < 4.78 is 95.8. The van der Waals surface area contributed by atoms with E-state index < -0.39 is 72.1 Å². The molecule has 1 spiro atoms. The van der Waals surface area contributed by atoms with Crippen molar-refractivity contribution >= 4 is 0 Å². The van der Waals surface area contributed by atoms with Crippen molar-refractivity contribution in [3.8, 4) is 11.5 Å². The van der Waals surface area contributed by atoms with Crippen LogP contribution in [0.2, 0.25) is 0 Å². The third-order valence-electron chi connectivity index (χ3n) is 5.02. The van der Waals surface area contributed by atoms with Gasteiger partial charge in [-0.1, -0.05) is 18.2 Å². The van der Waals surface area contributed by atoms with Gasteiger partial charge in [0.25, 0.3) is 0 Å². The molecular formula is C18H21NO3. The molecule has 4 nitrogen and oxygen atoms in total. The topological polar surface area (TPSA) is 41.9 Å². The van der Waals surface area contributed by atoms with Crippen LogP contribution in [-0.4, -0.2) is 48.8 Å². The van der Waals surface area contributed by atoms with Crippen LogP contribution in [0.5, 0.6) is 11.5 Å². The summed E-state index contributed by atoms with van der Waals surface area (Å²) in [6, 6.07) is -3.80. The summed E-state index contributed by atoms with van der Waals surface area (Å²) in [5, 5.41) is 10.8. The number of likely N-dealkylation sites (N-methyl/N-ethyl adjacent to an activating group) is 1. The highest BCUT2D eigenvalue weighted by Gasteiger charge is 2.64. The molecule has 5 rings (SSSR count). The SMILES string of the molecule is [2H]c1c([2H])c2c3c(c1OC([2H])([2H])[2H])OC1([2H])C(O)C=C[C@]4([2H])[C@@]31CCN(C)[C@]4([2H])C2([2H])[2H]. The van der Waals surface area contributed by atoms with Crippen molar-refractivity contribution in [2.75, 3.05) is 20.6 Å². The fraction of sp³-hybridized carbons (Fsp3) is 0.556. The van der Waals surface area contributed by atoms with Gasteiger partial charge in [0.2, 0.25) is 0 Å². The van der Waals surface area contributed by atoms with Crippen molar-refractivity contribution < 1.29 is 28.3 Å². The molecule has 4 heteroatoms. The largest absolute Gasteiger partial charge is 0.493 e. The third kappa shape index (κ3) is 1.28. The zero-order valence-electron chi connectivity index (χ0n) is 21.9. The number of nitrogens with zero attached hydrogens (tertiary/aromatic N) is 1. The lowest BCUT2D eigenvalue weighted by Gasteiger charge is -2.56. The molecule has 22 heavy (non-hydrogen) atoms. The maximum atomic E-state index is 10.8. The van der Waals surface area contributed by atoms with Crippen LogP contribution in [0.15, 0.2) is 24.2 Å². The Kier molecular flexibility index (Phi) is 1.21. The van der Waals surface area contributed by atoms with E-state index in [0.29, 0.717) is 0 Å². The summed E-state index contributed by atoms with van der Waals surface area (Å²) in [4.78, 5) is 1.35. The van der Waals surface area contributed by atoms with E-state index in [1.807, 2.05) is 0 Å². The second-order valence-corrected chi connectivity index (χ2v) is 5.99. The zero-order valence-corrected chi connectivity index (χ0v) is 11.9. The fourth-order valence-electron chi connectivity index (χ4n) is 4.05. The van der Waals surface area contributed by atoms with E-state index in [4.69, 9.17) is 20.4 Å². The molecule has 0 aromatic heterocycles. The number of hydrogen-bond acceptors (Lipinski definition) is 4. The Labute approximate surface area is 144 Å². The van der Waals surface area contributed by atoms with Crippen molar-refractivity contribution in [2.45, 2.75) is 36.4 Å². The first kappa shape index (κ1) is 6.54. The highest BCUT2D eigenvalue weighted by molar-refractivity contribution is 5.62. The van der Waals surface area contributed by atoms with Gasteiger partial charge < -0.3 is 19.5 Å². The lowest BCUT2D eigenvalue weighted by Crippen LogP contribution is -2.64. The molecule has 1 aromatic rings. The van der Waals surface area contributed by atoms with Gasteiger partial charge in [0, 0.05) is 28.4 Å². The van der Waals surface area contributed by atoms with Gasteiger partial charge in [0.1, 0.15) is 12.2 Å². The molecule has 1 aromatic carbocycles. The van der Waals surface area contributed by atoms with Gasteiger partial charge in [-0.25, -0.2) is 0 Å². The minimum absolute atomic E-state index is 0.00138. The quantitative estimate of drug-likeness (QED) is 0.798. The van der Waals surface area contributed by atoms with E-state index in [0.717, 1.165) is 6.08 Å². The van der Waals surface area contributed by atoms with Crippen molar-refractivity contribution in [1.29, 1.82) is 0 Å². The Morgan fingerprint density at radius 1 is 1.59 bits per heavy atom. The number of hydrogen-bond donors (Lipinski definition) is 1. The highest BCUT2D eigenvalue weighted by atomic mass is 16.5. The number of ether oxygens (including phenoxy) is 2. The molecule has 2 heterocycles. The van der Waals surface area contributed by atoms with Crippen molar-refractivity contribution in [3.63, 3.8) is 0 Å². The predicted molar refractivity (Wildman–Crippen MR) is 82.5 cm³/mol. The minimum atomic E-state index is -3.04. The maximum absolute atomic E-state index is 10.8. The molecule has 1 N–H and O–H groups in total. The van der Waals surface area contributed by atoms with Gasteiger partial charge in [0.05, 0.1) is 15.3 Å². The summed E-state index contributed by atoms with van der Waals surface area (Å²) in [6.45, 7) is 0.0818. The number of methoxy groups -OCH3 is 1. The Bertz CT molecular complexity index is 1090. The van der Waals surface area contributed by atoms with E-state index in [-0.39, 0.29) is 18.5 Å². The molecular weight excluding hydrogens is 278 g/mol. The van der Waals surface area contributed by atoms with Crippen LogP contribution in [0.4, 0.5) is 0 Å². The summed E-state index contributed by atoms with van der Waals surface area (Å²) >= 11 is 0. The Morgan fingerprint density at radius 3 is 3.36 bits per heavy atom. The first-order valence-corrected chi connectivity index (χ1v) is 7.16. The third-order valence-corrected chi connectivity index (χ3v) is 5.02. The molecule has 2 bridgehead atoms. The molecule has 5 atom stereocenters.